The summed E-state index contributed by atoms with van der Waals surface area (Å²) < 4.78 is 5.28. The maximum Gasteiger partial charge on any atom is 0.323 e. The molecule has 0 fully saturated rings. The minimum atomic E-state index is -1.16. The molecule has 1 aromatic heterocycles. The van der Waals surface area contributed by atoms with Crippen molar-refractivity contribution < 1.29 is 24.5 Å². The Balaban J connectivity index is 2.87. The molecular weight excluding hydrogens is 254 g/mol. The summed E-state index contributed by atoms with van der Waals surface area (Å²) >= 11 is 0. The second kappa shape index (κ2) is 7.14. The number of hydrogen-bond acceptors (Lipinski definition) is 6. The molecule has 0 aliphatic heterocycles. The monoisotopic (exact) mass is 269 g/mol. The normalized spacial score (nSPS) is 9.95. The first-order chi connectivity index (χ1) is 9.02. The van der Waals surface area contributed by atoms with Gasteiger partial charge in [-0.1, -0.05) is 6.92 Å². The molecule has 8 heteroatoms. The minimum Gasteiger partial charge on any atom is -0.480 e. The maximum atomic E-state index is 10.7. The molecule has 0 aliphatic carbocycles. The number of nitrogens with zero attached hydrogens (tertiary/aromatic N) is 3. The Morgan fingerprint density at radius 2 is 1.95 bits per heavy atom. The van der Waals surface area contributed by atoms with E-state index < -0.39 is 25.0 Å². The number of aromatic nitrogens is 2. The molecule has 104 valence electrons. The van der Waals surface area contributed by atoms with Crippen LogP contribution >= 0.6 is 0 Å². The van der Waals surface area contributed by atoms with Crippen molar-refractivity contribution >= 4 is 17.9 Å². The van der Waals surface area contributed by atoms with Gasteiger partial charge in [-0.25, -0.2) is 4.98 Å². The van der Waals surface area contributed by atoms with Crippen LogP contribution in [-0.4, -0.2) is 51.8 Å². The van der Waals surface area contributed by atoms with Crippen molar-refractivity contribution in [1.29, 1.82) is 0 Å². The lowest BCUT2D eigenvalue weighted by molar-refractivity contribution is -0.136. The summed E-state index contributed by atoms with van der Waals surface area (Å²) in [5.74, 6) is -2.03. The molecule has 0 spiro atoms. The molecule has 0 aromatic carbocycles. The van der Waals surface area contributed by atoms with Gasteiger partial charge in [0.15, 0.2) is 0 Å². The van der Waals surface area contributed by atoms with Gasteiger partial charge >= 0.3 is 11.9 Å². The number of anilines is 1. The zero-order valence-corrected chi connectivity index (χ0v) is 10.4. The highest BCUT2D eigenvalue weighted by atomic mass is 16.5. The van der Waals surface area contributed by atoms with E-state index in [2.05, 4.69) is 9.97 Å². The maximum absolute atomic E-state index is 10.7. The predicted octanol–water partition coefficient (Wildman–Crippen LogP) is 0.241. The molecule has 2 N–H and O–H groups in total. The minimum absolute atomic E-state index is 0.0124. The summed E-state index contributed by atoms with van der Waals surface area (Å²) in [5.41, 5.74) is 0. The third kappa shape index (κ3) is 5.19. The van der Waals surface area contributed by atoms with Crippen LogP contribution in [0.3, 0.4) is 0 Å². The van der Waals surface area contributed by atoms with Crippen molar-refractivity contribution in [2.24, 2.45) is 0 Å². The average molecular weight is 269 g/mol. The van der Waals surface area contributed by atoms with Crippen LogP contribution in [0.4, 0.5) is 5.95 Å². The average Bonchev–Trinajstić information content (AvgIpc) is 2.35. The van der Waals surface area contributed by atoms with Gasteiger partial charge in [-0.2, -0.15) is 4.98 Å². The van der Waals surface area contributed by atoms with Gasteiger partial charge < -0.3 is 19.8 Å². The van der Waals surface area contributed by atoms with Crippen molar-refractivity contribution in [3.63, 3.8) is 0 Å². The summed E-state index contributed by atoms with van der Waals surface area (Å²) in [5, 5.41) is 17.5. The summed E-state index contributed by atoms with van der Waals surface area (Å²) in [6.07, 6.45) is 2.19. The van der Waals surface area contributed by atoms with Crippen molar-refractivity contribution in [2.45, 2.75) is 13.3 Å². The van der Waals surface area contributed by atoms with E-state index in [1.54, 1.807) is 0 Å². The Bertz CT molecular complexity index is 436. The van der Waals surface area contributed by atoms with Crippen LogP contribution in [0, 0.1) is 0 Å². The third-order valence-electron chi connectivity index (χ3n) is 2.01. The second-order valence-electron chi connectivity index (χ2n) is 3.69. The molecule has 0 atom stereocenters. The van der Waals surface area contributed by atoms with Gasteiger partial charge in [-0.15, -0.1) is 0 Å². The van der Waals surface area contributed by atoms with Crippen LogP contribution in [0.25, 0.3) is 0 Å². The molecule has 1 aromatic rings. The van der Waals surface area contributed by atoms with Crippen LogP contribution in [-0.2, 0) is 9.59 Å². The van der Waals surface area contributed by atoms with E-state index >= 15 is 0 Å². The topological polar surface area (TPSA) is 113 Å². The van der Waals surface area contributed by atoms with E-state index in [-0.39, 0.29) is 11.8 Å². The smallest absolute Gasteiger partial charge is 0.323 e. The molecule has 1 heterocycles. The zero-order chi connectivity index (χ0) is 14.3. The van der Waals surface area contributed by atoms with Gasteiger partial charge in [0, 0.05) is 12.3 Å². The Hall–Kier alpha value is -2.38. The lowest BCUT2D eigenvalue weighted by atomic mass is 10.5. The largest absolute Gasteiger partial charge is 0.480 e. The van der Waals surface area contributed by atoms with E-state index in [9.17, 15) is 9.59 Å². The summed E-state index contributed by atoms with van der Waals surface area (Å²) in [6, 6.07) is 1.53. The Morgan fingerprint density at radius 1 is 1.32 bits per heavy atom. The Kier molecular flexibility index (Phi) is 5.52. The number of hydrogen-bond donors (Lipinski definition) is 2. The standard InChI is InChI=1S/C11H15N3O5/c1-2-5-19-8-3-4-12-11(13-8)14(6-9(15)16)7-10(17)18/h3-4H,2,5-7H2,1H3,(H,15,16)(H,17,18). The van der Waals surface area contributed by atoms with Gasteiger partial charge in [-0.3, -0.25) is 9.59 Å². The fourth-order valence-corrected chi connectivity index (χ4v) is 1.30. The van der Waals surface area contributed by atoms with Crippen LogP contribution < -0.4 is 9.64 Å². The fourth-order valence-electron chi connectivity index (χ4n) is 1.30. The number of carbonyl (C=O) groups is 2. The number of carboxylic acid groups (broad SMARTS) is 2. The van der Waals surface area contributed by atoms with Gasteiger partial charge in [0.25, 0.3) is 0 Å². The van der Waals surface area contributed by atoms with Crippen molar-refractivity contribution in [2.75, 3.05) is 24.6 Å². The summed E-state index contributed by atoms with van der Waals surface area (Å²) in [6.45, 7) is 1.41. The van der Waals surface area contributed by atoms with E-state index in [1.165, 1.54) is 12.3 Å². The van der Waals surface area contributed by atoms with Crippen LogP contribution in [0.5, 0.6) is 5.88 Å². The molecule has 0 unspecified atom stereocenters. The first-order valence-electron chi connectivity index (χ1n) is 5.67. The zero-order valence-electron chi connectivity index (χ0n) is 10.4. The molecule has 8 nitrogen and oxygen atoms in total. The summed E-state index contributed by atoms with van der Waals surface area (Å²) in [4.78, 5) is 30.3. The number of ether oxygens (including phenoxy) is 1. The van der Waals surface area contributed by atoms with Gasteiger partial charge in [0.1, 0.15) is 13.1 Å². The van der Waals surface area contributed by atoms with E-state index in [0.29, 0.717) is 6.61 Å². The highest BCUT2D eigenvalue weighted by Crippen LogP contribution is 2.12. The first-order valence-corrected chi connectivity index (χ1v) is 5.67. The fraction of sp³-hybridized carbons (Fsp3) is 0.455. The first kappa shape index (κ1) is 14.7. The summed E-state index contributed by atoms with van der Waals surface area (Å²) in [7, 11) is 0. The molecule has 0 radical (unpaired) electrons. The van der Waals surface area contributed by atoms with Gasteiger partial charge in [-0.05, 0) is 6.42 Å². The molecule has 0 saturated carbocycles. The Morgan fingerprint density at radius 3 is 2.47 bits per heavy atom. The van der Waals surface area contributed by atoms with Crippen LogP contribution in [0.2, 0.25) is 0 Å². The van der Waals surface area contributed by atoms with Gasteiger partial charge in [0.2, 0.25) is 11.8 Å². The van der Waals surface area contributed by atoms with Crippen molar-refractivity contribution in [3.8, 4) is 5.88 Å². The number of carboxylic acids is 2. The lowest BCUT2D eigenvalue weighted by Gasteiger charge is -2.18. The van der Waals surface area contributed by atoms with E-state index in [0.717, 1.165) is 11.3 Å². The molecule has 0 saturated heterocycles. The van der Waals surface area contributed by atoms with E-state index in [1.807, 2.05) is 6.92 Å². The molecule has 0 aliphatic rings. The number of aliphatic carboxylic acids is 2. The Labute approximate surface area is 109 Å². The lowest BCUT2D eigenvalue weighted by Crippen LogP contribution is -2.35. The number of rotatable bonds is 8. The molecule has 0 amide bonds. The van der Waals surface area contributed by atoms with Crippen molar-refractivity contribution in [1.82, 2.24) is 9.97 Å². The van der Waals surface area contributed by atoms with Gasteiger partial charge in [0.05, 0.1) is 6.61 Å². The molecular formula is C11H15N3O5. The predicted molar refractivity (Wildman–Crippen MR) is 65.3 cm³/mol. The third-order valence-corrected chi connectivity index (χ3v) is 2.01. The highest BCUT2D eigenvalue weighted by molar-refractivity contribution is 5.78. The van der Waals surface area contributed by atoms with E-state index in [4.69, 9.17) is 14.9 Å². The molecule has 0 bridgehead atoms. The SMILES string of the molecule is CCCOc1ccnc(N(CC(=O)O)CC(=O)O)n1. The van der Waals surface area contributed by atoms with Crippen LogP contribution in [0.1, 0.15) is 13.3 Å². The van der Waals surface area contributed by atoms with Crippen LogP contribution in [0.15, 0.2) is 12.3 Å². The quantitative estimate of drug-likeness (QED) is 0.690. The highest BCUT2D eigenvalue weighted by Gasteiger charge is 2.17. The molecule has 19 heavy (non-hydrogen) atoms. The molecule has 1 rings (SSSR count). The van der Waals surface area contributed by atoms with Crippen molar-refractivity contribution in [3.05, 3.63) is 12.3 Å². The second-order valence-corrected chi connectivity index (χ2v) is 3.69.